The molecule has 0 aliphatic carbocycles. The van der Waals surface area contributed by atoms with Crippen LogP contribution in [0.25, 0.3) is 0 Å². The largest absolute Gasteiger partial charge is 0.480 e. The number of carboxylic acid groups (broad SMARTS) is 1. The Morgan fingerprint density at radius 1 is 0.968 bits per heavy atom. The van der Waals surface area contributed by atoms with Gasteiger partial charge in [-0.1, -0.05) is 0 Å². The number of thioether (sulfide) groups is 1. The van der Waals surface area contributed by atoms with E-state index in [-0.39, 0.29) is 6.42 Å². The van der Waals surface area contributed by atoms with Gasteiger partial charge in [0, 0.05) is 0 Å². The van der Waals surface area contributed by atoms with Gasteiger partial charge < -0.3 is 42.7 Å². The first-order valence-electron chi connectivity index (χ1n) is 9.96. The van der Waals surface area contributed by atoms with E-state index in [9.17, 15) is 34.5 Å². The van der Waals surface area contributed by atoms with Crippen molar-refractivity contribution in [2.45, 2.75) is 62.9 Å². The first-order valence-corrected chi connectivity index (χ1v) is 11.4. The molecule has 0 saturated carbocycles. The molecule has 13 heteroatoms. The first kappa shape index (κ1) is 29.1. The van der Waals surface area contributed by atoms with Crippen molar-refractivity contribution in [3.8, 4) is 0 Å². The average Bonchev–Trinajstić information content (AvgIpc) is 2.72. The number of aliphatic carboxylic acids is 1. The second-order valence-electron chi connectivity index (χ2n) is 7.04. The van der Waals surface area contributed by atoms with Gasteiger partial charge >= 0.3 is 5.97 Å². The fourth-order valence-electron chi connectivity index (χ4n) is 2.52. The molecule has 0 spiro atoms. The number of carbonyl (C=O) groups excluding carboxylic acids is 3. The van der Waals surface area contributed by atoms with E-state index in [0.29, 0.717) is 31.6 Å². The highest BCUT2D eigenvalue weighted by molar-refractivity contribution is 7.98. The molecular weight excluding hydrogens is 430 g/mol. The highest BCUT2D eigenvalue weighted by Gasteiger charge is 2.32. The summed E-state index contributed by atoms with van der Waals surface area (Å²) in [5.74, 6) is -3.12. The SMILES string of the molecule is CSCCC(N)C(=O)NC(C(=O)NC(CO)C(=O)NC(CCCCN)C(=O)O)C(C)O. The van der Waals surface area contributed by atoms with Crippen LogP contribution in [0.4, 0.5) is 0 Å². The molecule has 180 valence electrons. The van der Waals surface area contributed by atoms with Crippen molar-refractivity contribution in [3.63, 3.8) is 0 Å². The topological polar surface area (TPSA) is 217 Å². The number of carboxylic acids is 1. The molecule has 0 aromatic carbocycles. The molecule has 0 aromatic rings. The molecule has 31 heavy (non-hydrogen) atoms. The van der Waals surface area contributed by atoms with Gasteiger partial charge in [0.2, 0.25) is 17.7 Å². The molecule has 0 heterocycles. The number of nitrogens with one attached hydrogen (secondary N) is 3. The monoisotopic (exact) mass is 465 g/mol. The van der Waals surface area contributed by atoms with Crippen molar-refractivity contribution in [2.24, 2.45) is 11.5 Å². The van der Waals surface area contributed by atoms with Gasteiger partial charge in [-0.15, -0.1) is 0 Å². The summed E-state index contributed by atoms with van der Waals surface area (Å²) in [6.07, 6.45) is 2.07. The van der Waals surface area contributed by atoms with Crippen molar-refractivity contribution in [1.29, 1.82) is 0 Å². The molecule has 10 N–H and O–H groups in total. The molecule has 12 nitrogen and oxygen atoms in total. The minimum absolute atomic E-state index is 0.130. The number of carbonyl (C=O) groups is 4. The Hall–Kier alpha value is -1.93. The van der Waals surface area contributed by atoms with E-state index in [1.54, 1.807) is 0 Å². The van der Waals surface area contributed by atoms with Gasteiger partial charge in [0.1, 0.15) is 18.1 Å². The number of unbranched alkanes of at least 4 members (excludes halogenated alkanes) is 1. The van der Waals surface area contributed by atoms with Gasteiger partial charge in [-0.3, -0.25) is 14.4 Å². The van der Waals surface area contributed by atoms with Crippen LogP contribution in [0.2, 0.25) is 0 Å². The zero-order valence-corrected chi connectivity index (χ0v) is 18.7. The lowest BCUT2D eigenvalue weighted by Crippen LogP contribution is -2.60. The normalized spacial score (nSPS) is 15.8. The Morgan fingerprint density at radius 3 is 2.06 bits per heavy atom. The summed E-state index contributed by atoms with van der Waals surface area (Å²) in [4.78, 5) is 48.4. The molecule has 0 fully saturated rings. The van der Waals surface area contributed by atoms with Crippen LogP contribution in [0.5, 0.6) is 0 Å². The van der Waals surface area contributed by atoms with Crippen LogP contribution in [-0.4, -0.2) is 94.4 Å². The quantitative estimate of drug-likeness (QED) is 0.109. The standard InChI is InChI=1S/C18H35N5O7S/c1-10(25)14(23-15(26)11(20)6-8-31-2)17(28)22-13(9-24)16(27)21-12(18(29)30)5-3-4-7-19/h10-14,24-25H,3-9,19-20H2,1-2H3,(H,21,27)(H,22,28)(H,23,26)(H,29,30). The van der Waals surface area contributed by atoms with Crippen molar-refractivity contribution in [1.82, 2.24) is 16.0 Å². The molecule has 0 saturated heterocycles. The van der Waals surface area contributed by atoms with Crippen molar-refractivity contribution in [2.75, 3.05) is 25.2 Å². The van der Waals surface area contributed by atoms with Crippen LogP contribution in [0, 0.1) is 0 Å². The lowest BCUT2D eigenvalue weighted by Gasteiger charge is -2.25. The average molecular weight is 466 g/mol. The van der Waals surface area contributed by atoms with E-state index < -0.39 is 60.6 Å². The predicted molar refractivity (Wildman–Crippen MR) is 116 cm³/mol. The van der Waals surface area contributed by atoms with E-state index in [2.05, 4.69) is 16.0 Å². The minimum atomic E-state index is -1.48. The Balaban J connectivity index is 5.05. The minimum Gasteiger partial charge on any atom is -0.480 e. The van der Waals surface area contributed by atoms with Crippen LogP contribution in [0.1, 0.15) is 32.6 Å². The lowest BCUT2D eigenvalue weighted by molar-refractivity contribution is -0.143. The lowest BCUT2D eigenvalue weighted by atomic mass is 10.1. The van der Waals surface area contributed by atoms with Crippen LogP contribution in [0.3, 0.4) is 0 Å². The number of nitrogens with two attached hydrogens (primary N) is 2. The summed E-state index contributed by atoms with van der Waals surface area (Å²) in [5, 5.41) is 35.4. The summed E-state index contributed by atoms with van der Waals surface area (Å²) < 4.78 is 0. The van der Waals surface area contributed by atoms with E-state index in [0.717, 1.165) is 0 Å². The Kier molecular flexibility index (Phi) is 14.8. The van der Waals surface area contributed by atoms with E-state index in [1.807, 2.05) is 6.26 Å². The molecule has 5 atom stereocenters. The molecule has 5 unspecified atom stereocenters. The maximum absolute atomic E-state index is 12.5. The number of aliphatic hydroxyl groups excluding tert-OH is 2. The van der Waals surface area contributed by atoms with E-state index >= 15 is 0 Å². The summed E-state index contributed by atoms with van der Waals surface area (Å²) >= 11 is 1.50. The molecule has 0 radical (unpaired) electrons. The highest BCUT2D eigenvalue weighted by atomic mass is 32.2. The van der Waals surface area contributed by atoms with Crippen LogP contribution < -0.4 is 27.4 Å². The molecule has 0 bridgehead atoms. The number of hydrogen-bond donors (Lipinski definition) is 8. The summed E-state index contributed by atoms with van der Waals surface area (Å²) in [7, 11) is 0. The summed E-state index contributed by atoms with van der Waals surface area (Å²) in [5.41, 5.74) is 11.1. The third kappa shape index (κ3) is 11.3. The molecule has 0 aliphatic heterocycles. The molecule has 0 aromatic heterocycles. The van der Waals surface area contributed by atoms with Gasteiger partial charge in [0.05, 0.1) is 18.8 Å². The third-order valence-corrected chi connectivity index (χ3v) is 5.05. The maximum Gasteiger partial charge on any atom is 0.326 e. The smallest absolute Gasteiger partial charge is 0.326 e. The molecule has 3 amide bonds. The molecular formula is C18H35N5O7S. The van der Waals surface area contributed by atoms with Gasteiger partial charge in [0.15, 0.2) is 0 Å². The Bertz CT molecular complexity index is 594. The van der Waals surface area contributed by atoms with Crippen molar-refractivity contribution >= 4 is 35.5 Å². The highest BCUT2D eigenvalue weighted by Crippen LogP contribution is 2.03. The zero-order chi connectivity index (χ0) is 24.0. The number of aliphatic hydroxyl groups is 2. The molecule has 0 rings (SSSR count). The summed E-state index contributed by atoms with van der Waals surface area (Å²) in [6.45, 7) is 0.827. The van der Waals surface area contributed by atoms with Crippen LogP contribution in [-0.2, 0) is 19.2 Å². The van der Waals surface area contributed by atoms with Gasteiger partial charge in [-0.2, -0.15) is 11.8 Å². The number of amides is 3. The second kappa shape index (κ2) is 15.8. The van der Waals surface area contributed by atoms with Gasteiger partial charge in [-0.25, -0.2) is 4.79 Å². The van der Waals surface area contributed by atoms with Crippen molar-refractivity contribution in [3.05, 3.63) is 0 Å². The van der Waals surface area contributed by atoms with Gasteiger partial charge in [0.25, 0.3) is 0 Å². The second-order valence-corrected chi connectivity index (χ2v) is 8.03. The summed E-state index contributed by atoms with van der Waals surface area (Å²) in [6, 6.07) is -5.00. The number of hydrogen-bond acceptors (Lipinski definition) is 9. The van der Waals surface area contributed by atoms with E-state index in [1.165, 1.54) is 18.7 Å². The zero-order valence-electron chi connectivity index (χ0n) is 17.9. The fraction of sp³-hybridized carbons (Fsp3) is 0.778. The van der Waals surface area contributed by atoms with Crippen LogP contribution in [0.15, 0.2) is 0 Å². The fourth-order valence-corrected chi connectivity index (χ4v) is 3.01. The van der Waals surface area contributed by atoms with Gasteiger partial charge in [-0.05, 0) is 51.2 Å². The third-order valence-electron chi connectivity index (χ3n) is 4.41. The first-order chi connectivity index (χ1) is 14.6. The Morgan fingerprint density at radius 2 is 1.58 bits per heavy atom. The van der Waals surface area contributed by atoms with Crippen molar-refractivity contribution < 1.29 is 34.5 Å². The molecule has 0 aliphatic rings. The Labute approximate surface area is 185 Å². The predicted octanol–water partition coefficient (Wildman–Crippen LogP) is -2.89. The van der Waals surface area contributed by atoms with E-state index in [4.69, 9.17) is 11.5 Å². The van der Waals surface area contributed by atoms with Crippen LogP contribution >= 0.6 is 11.8 Å². The maximum atomic E-state index is 12.5. The number of rotatable bonds is 16.